The predicted molar refractivity (Wildman–Crippen MR) is 126 cm³/mol. The molecule has 0 saturated heterocycles. The van der Waals surface area contributed by atoms with E-state index in [1.165, 1.54) is 0 Å². The van der Waals surface area contributed by atoms with Gasteiger partial charge in [-0.2, -0.15) is 61.5 Å². The number of esters is 1. The number of carbonyl (C=O) groups excluding carboxylic acids is 2. The summed E-state index contributed by atoms with van der Waals surface area (Å²) in [7, 11) is 0. The lowest BCUT2D eigenvalue weighted by Crippen LogP contribution is -2.55. The fourth-order valence-corrected chi connectivity index (χ4v) is 3.58. The highest BCUT2D eigenvalue weighted by atomic mass is 19.4. The molecule has 0 spiro atoms. The van der Waals surface area contributed by atoms with Crippen molar-refractivity contribution in [2.45, 2.75) is 68.6 Å². The minimum Gasteiger partial charge on any atom is -0.427 e. The van der Waals surface area contributed by atoms with Crippen LogP contribution in [0, 0.1) is 0 Å². The molecule has 2 rings (SSSR count). The fraction of sp³-hybridized carbons (Fsp3) is 0.462. The van der Waals surface area contributed by atoms with E-state index in [0.717, 1.165) is 6.92 Å². The molecule has 0 amide bonds. The molecule has 22 heteroatoms. The molecule has 0 N–H and O–H groups in total. The summed E-state index contributed by atoms with van der Waals surface area (Å²) in [6.45, 7) is -1.98. The van der Waals surface area contributed by atoms with Crippen molar-refractivity contribution in [2.24, 2.45) is 0 Å². The SMILES string of the molecule is CC(=O)Oc1ccc(C(c2ccc(OC(=O)OCC(F)(F)OC(F)(F)C(F)(F)OC(F)(F)C(C)(C)F)cc2)(C(F)(F)F)C(F)(F)F)cc1. The number of carbonyl (C=O) groups is 2. The highest BCUT2D eigenvalue weighted by Crippen LogP contribution is 2.56. The standard InChI is InChI=1S/C26H19F15O7/c1-13(42)45-16-8-4-14(5-9-16)21(22(30,31)32,23(33,34)35)15-6-10-17(11-7-15)46-18(43)44-12-20(28,29)47-25(38,39)26(40,41)48-24(36,37)19(2,3)27/h4-11H,12H2,1-3H3. The molecule has 0 bridgehead atoms. The third-order valence-electron chi connectivity index (χ3n) is 5.81. The van der Waals surface area contributed by atoms with Crippen LogP contribution in [-0.2, 0) is 24.4 Å². The Morgan fingerprint density at radius 1 is 0.562 bits per heavy atom. The maximum absolute atomic E-state index is 14.2. The van der Waals surface area contributed by atoms with Crippen LogP contribution in [0.3, 0.4) is 0 Å². The summed E-state index contributed by atoms with van der Waals surface area (Å²) in [5.41, 5.74) is -11.7. The van der Waals surface area contributed by atoms with E-state index < -0.39 is 89.2 Å². The van der Waals surface area contributed by atoms with E-state index in [1.807, 2.05) is 0 Å². The Labute approximate surface area is 258 Å². The second kappa shape index (κ2) is 13.2. The number of hydrogen-bond donors (Lipinski definition) is 0. The summed E-state index contributed by atoms with van der Waals surface area (Å²) >= 11 is 0. The van der Waals surface area contributed by atoms with Gasteiger partial charge in [0, 0.05) is 6.92 Å². The van der Waals surface area contributed by atoms with Crippen LogP contribution in [-0.4, -0.2) is 61.2 Å². The first-order valence-corrected chi connectivity index (χ1v) is 12.4. The lowest BCUT2D eigenvalue weighted by atomic mass is 9.73. The van der Waals surface area contributed by atoms with Gasteiger partial charge in [-0.15, -0.1) is 0 Å². The molecule has 0 radical (unpaired) electrons. The van der Waals surface area contributed by atoms with Gasteiger partial charge in [-0.05, 0) is 49.2 Å². The Morgan fingerprint density at radius 3 is 1.29 bits per heavy atom. The van der Waals surface area contributed by atoms with E-state index in [0.29, 0.717) is 36.4 Å². The Bertz CT molecular complexity index is 1420. The first-order chi connectivity index (χ1) is 21.4. The van der Waals surface area contributed by atoms with Gasteiger partial charge in [0.1, 0.15) is 11.5 Å². The van der Waals surface area contributed by atoms with Gasteiger partial charge in [-0.3, -0.25) is 4.79 Å². The molecule has 2 aromatic carbocycles. The molecule has 48 heavy (non-hydrogen) atoms. The normalized spacial score (nSPS) is 14.0. The average molecular weight is 728 g/mol. The van der Waals surface area contributed by atoms with Crippen LogP contribution < -0.4 is 9.47 Å². The van der Waals surface area contributed by atoms with Crippen LogP contribution in [0.1, 0.15) is 31.9 Å². The fourth-order valence-electron chi connectivity index (χ4n) is 3.58. The van der Waals surface area contributed by atoms with Crippen LogP contribution in [0.15, 0.2) is 48.5 Å². The van der Waals surface area contributed by atoms with Crippen molar-refractivity contribution >= 4 is 12.1 Å². The van der Waals surface area contributed by atoms with Crippen LogP contribution in [0.25, 0.3) is 0 Å². The monoisotopic (exact) mass is 728 g/mol. The molecule has 0 saturated carbocycles. The molecule has 2 aromatic rings. The van der Waals surface area contributed by atoms with Gasteiger partial charge in [-0.25, -0.2) is 18.7 Å². The molecule has 0 atom stereocenters. The van der Waals surface area contributed by atoms with Gasteiger partial charge in [0.05, 0.1) is 0 Å². The zero-order valence-corrected chi connectivity index (χ0v) is 23.9. The zero-order valence-electron chi connectivity index (χ0n) is 23.9. The Morgan fingerprint density at radius 2 is 0.938 bits per heavy atom. The lowest BCUT2D eigenvalue weighted by Gasteiger charge is -2.38. The van der Waals surface area contributed by atoms with Crippen LogP contribution in [0.4, 0.5) is 70.7 Å². The average Bonchev–Trinajstić information content (AvgIpc) is 2.86. The summed E-state index contributed by atoms with van der Waals surface area (Å²) in [6, 6.07) is 2.90. The zero-order chi connectivity index (χ0) is 37.4. The van der Waals surface area contributed by atoms with Crippen molar-refractivity contribution in [2.75, 3.05) is 6.61 Å². The van der Waals surface area contributed by atoms with Crippen molar-refractivity contribution in [3.8, 4) is 11.5 Å². The van der Waals surface area contributed by atoms with Gasteiger partial charge < -0.3 is 14.2 Å². The predicted octanol–water partition coefficient (Wildman–Crippen LogP) is 8.69. The smallest absolute Gasteiger partial charge is 0.427 e. The van der Waals surface area contributed by atoms with Crippen molar-refractivity contribution in [1.82, 2.24) is 0 Å². The molecule has 0 aromatic heterocycles. The summed E-state index contributed by atoms with van der Waals surface area (Å²) < 4.78 is 225. The van der Waals surface area contributed by atoms with Crippen LogP contribution >= 0.6 is 0 Å². The number of alkyl halides is 15. The van der Waals surface area contributed by atoms with E-state index in [9.17, 15) is 75.4 Å². The maximum Gasteiger partial charge on any atom is 0.514 e. The van der Waals surface area contributed by atoms with E-state index in [4.69, 9.17) is 0 Å². The van der Waals surface area contributed by atoms with Gasteiger partial charge in [0.2, 0.25) is 5.41 Å². The summed E-state index contributed by atoms with van der Waals surface area (Å²) in [5, 5.41) is 0. The molecule has 270 valence electrons. The second-order valence-electron chi connectivity index (χ2n) is 9.89. The minimum atomic E-state index is -6.63. The first kappa shape index (κ1) is 40.2. The Balaban J connectivity index is 2.25. The Kier molecular flexibility index (Phi) is 11.0. The van der Waals surface area contributed by atoms with Crippen molar-refractivity contribution < 1.29 is 99.1 Å². The number of halogens is 15. The van der Waals surface area contributed by atoms with Gasteiger partial charge in [0.25, 0.3) is 0 Å². The van der Waals surface area contributed by atoms with Gasteiger partial charge in [0.15, 0.2) is 12.3 Å². The highest BCUT2D eigenvalue weighted by Gasteiger charge is 2.73. The molecule has 7 nitrogen and oxygen atoms in total. The topological polar surface area (TPSA) is 80.3 Å². The molecular weight excluding hydrogens is 709 g/mol. The summed E-state index contributed by atoms with van der Waals surface area (Å²) in [5.74, 6) is -2.34. The van der Waals surface area contributed by atoms with Crippen molar-refractivity contribution in [3.63, 3.8) is 0 Å². The van der Waals surface area contributed by atoms with E-state index in [-0.39, 0.29) is 26.0 Å². The number of benzene rings is 2. The summed E-state index contributed by atoms with van der Waals surface area (Å²) in [6.07, 6.45) is -39.1. The highest BCUT2D eigenvalue weighted by molar-refractivity contribution is 5.69. The van der Waals surface area contributed by atoms with Gasteiger partial charge in [-0.1, -0.05) is 24.3 Å². The molecule has 0 aliphatic heterocycles. The number of hydrogen-bond acceptors (Lipinski definition) is 7. The number of ether oxygens (including phenoxy) is 5. The van der Waals surface area contributed by atoms with Crippen molar-refractivity contribution in [3.05, 3.63) is 59.7 Å². The van der Waals surface area contributed by atoms with E-state index >= 15 is 0 Å². The van der Waals surface area contributed by atoms with Crippen LogP contribution in [0.2, 0.25) is 0 Å². The molecule has 0 unspecified atom stereocenters. The third-order valence-corrected chi connectivity index (χ3v) is 5.81. The lowest BCUT2D eigenvalue weighted by molar-refractivity contribution is -0.522. The van der Waals surface area contributed by atoms with Crippen LogP contribution in [0.5, 0.6) is 11.5 Å². The largest absolute Gasteiger partial charge is 0.514 e. The van der Waals surface area contributed by atoms with E-state index in [2.05, 4.69) is 23.7 Å². The molecule has 0 aliphatic carbocycles. The van der Waals surface area contributed by atoms with E-state index in [1.54, 1.807) is 0 Å². The quantitative estimate of drug-likeness (QED) is 0.0937. The van der Waals surface area contributed by atoms with Gasteiger partial charge >= 0.3 is 48.9 Å². The Hall–Kier alpha value is -3.95. The minimum absolute atomic E-state index is 0.0838. The molecular formula is C26H19F15O7. The number of rotatable bonds is 12. The second-order valence-corrected chi connectivity index (χ2v) is 9.89. The molecule has 0 aliphatic rings. The third kappa shape index (κ3) is 8.74. The maximum atomic E-state index is 14.2. The first-order valence-electron chi connectivity index (χ1n) is 12.4. The molecule has 0 fully saturated rings. The van der Waals surface area contributed by atoms with Crippen molar-refractivity contribution in [1.29, 1.82) is 0 Å². The molecule has 0 heterocycles. The summed E-state index contributed by atoms with van der Waals surface area (Å²) in [4.78, 5) is 22.7.